The van der Waals surface area contributed by atoms with Gasteiger partial charge in [-0.05, 0) is 60.9 Å². The van der Waals surface area contributed by atoms with Crippen LogP contribution >= 0.6 is 0 Å². The molecular weight excluding hydrogens is 382 g/mol. The van der Waals surface area contributed by atoms with Crippen LogP contribution in [0.3, 0.4) is 0 Å². The first-order valence-electron chi connectivity index (χ1n) is 10.2. The molecule has 3 rings (SSSR count). The molecular formula is C24H33NO3S. The molecule has 29 heavy (non-hydrogen) atoms. The van der Waals surface area contributed by atoms with Crippen LogP contribution in [0.4, 0.5) is 5.69 Å². The van der Waals surface area contributed by atoms with Crippen molar-refractivity contribution in [2.75, 3.05) is 11.6 Å². The van der Waals surface area contributed by atoms with Crippen LogP contribution in [-0.2, 0) is 14.6 Å². The molecule has 2 unspecified atom stereocenters. The van der Waals surface area contributed by atoms with Crippen molar-refractivity contribution < 1.29 is 13.2 Å². The molecule has 0 aliphatic heterocycles. The summed E-state index contributed by atoms with van der Waals surface area (Å²) in [6, 6.07) is 16.9. The fourth-order valence-electron chi connectivity index (χ4n) is 3.54. The van der Waals surface area contributed by atoms with Gasteiger partial charge in [0, 0.05) is 18.9 Å². The normalized spacial score (nSPS) is 18.8. The standard InChI is InChI=1S/C20H23NO.C4H10O2S/c1-14-5-3-8-20(14)17-11-9-16(10-12-17)18-6-4-7-19(13-18)21-15(2)22;1-4(2)7(3,5)6/h4,6-7,9-14,20H,3,5,8H2,1-2H3,(H,21,22);4H,1-3H3. The Labute approximate surface area is 175 Å². The molecule has 1 aliphatic carbocycles. The van der Waals surface area contributed by atoms with Crippen LogP contribution in [0.1, 0.15) is 58.4 Å². The molecule has 0 bridgehead atoms. The number of hydrogen-bond acceptors (Lipinski definition) is 3. The predicted octanol–water partition coefficient (Wildman–Crippen LogP) is 5.66. The average molecular weight is 416 g/mol. The van der Waals surface area contributed by atoms with E-state index in [1.54, 1.807) is 13.8 Å². The summed E-state index contributed by atoms with van der Waals surface area (Å²) in [5.74, 6) is 1.48. The number of anilines is 1. The largest absolute Gasteiger partial charge is 0.326 e. The third-order valence-corrected chi connectivity index (χ3v) is 7.29. The Hall–Kier alpha value is -2.14. The highest BCUT2D eigenvalue weighted by Gasteiger charge is 2.24. The molecule has 1 aliphatic rings. The number of hydrogen-bond donors (Lipinski definition) is 1. The third-order valence-electron chi connectivity index (χ3n) is 5.57. The van der Waals surface area contributed by atoms with Crippen molar-refractivity contribution in [3.05, 3.63) is 54.1 Å². The van der Waals surface area contributed by atoms with Crippen molar-refractivity contribution in [1.29, 1.82) is 0 Å². The minimum absolute atomic E-state index is 0.0391. The van der Waals surface area contributed by atoms with E-state index < -0.39 is 9.84 Å². The maximum atomic E-state index is 11.2. The Bertz CT molecular complexity index is 917. The fourth-order valence-corrected chi connectivity index (χ4v) is 3.54. The summed E-state index contributed by atoms with van der Waals surface area (Å²) in [6.45, 7) is 7.22. The predicted molar refractivity (Wildman–Crippen MR) is 122 cm³/mol. The van der Waals surface area contributed by atoms with Gasteiger partial charge in [0.2, 0.25) is 5.91 Å². The SMILES string of the molecule is CC(=O)Nc1cccc(-c2ccc(C3CCCC3C)cc2)c1.CC(C)S(C)(=O)=O. The molecule has 4 nitrogen and oxygen atoms in total. The molecule has 2 atom stereocenters. The second kappa shape index (κ2) is 10.1. The number of rotatable bonds is 4. The van der Waals surface area contributed by atoms with Gasteiger partial charge in [-0.25, -0.2) is 8.42 Å². The lowest BCUT2D eigenvalue weighted by atomic mass is 9.89. The first-order valence-corrected chi connectivity index (χ1v) is 12.2. The molecule has 2 aromatic carbocycles. The maximum absolute atomic E-state index is 11.2. The molecule has 0 aromatic heterocycles. The molecule has 1 saturated carbocycles. The fraction of sp³-hybridized carbons (Fsp3) is 0.458. The zero-order chi connectivity index (χ0) is 21.6. The Kier molecular flexibility index (Phi) is 8.03. The lowest BCUT2D eigenvalue weighted by molar-refractivity contribution is -0.114. The van der Waals surface area contributed by atoms with Crippen LogP contribution in [0.2, 0.25) is 0 Å². The van der Waals surface area contributed by atoms with Gasteiger partial charge in [-0.3, -0.25) is 4.79 Å². The Balaban J connectivity index is 0.000000370. The molecule has 0 heterocycles. The lowest BCUT2D eigenvalue weighted by Gasteiger charge is -2.16. The number of amides is 1. The van der Waals surface area contributed by atoms with Gasteiger partial charge in [0.15, 0.2) is 0 Å². The van der Waals surface area contributed by atoms with Crippen molar-refractivity contribution in [2.24, 2.45) is 5.92 Å². The number of nitrogens with one attached hydrogen (secondary N) is 1. The van der Waals surface area contributed by atoms with E-state index >= 15 is 0 Å². The highest BCUT2D eigenvalue weighted by atomic mass is 32.2. The molecule has 1 amide bonds. The van der Waals surface area contributed by atoms with Crippen molar-refractivity contribution in [3.8, 4) is 11.1 Å². The van der Waals surface area contributed by atoms with Crippen molar-refractivity contribution in [1.82, 2.24) is 0 Å². The number of benzene rings is 2. The summed E-state index contributed by atoms with van der Waals surface area (Å²) >= 11 is 0. The van der Waals surface area contributed by atoms with E-state index in [1.807, 2.05) is 18.2 Å². The smallest absolute Gasteiger partial charge is 0.221 e. The van der Waals surface area contributed by atoms with Crippen LogP contribution in [0.5, 0.6) is 0 Å². The van der Waals surface area contributed by atoms with Gasteiger partial charge < -0.3 is 5.32 Å². The van der Waals surface area contributed by atoms with Crippen LogP contribution < -0.4 is 5.32 Å². The minimum Gasteiger partial charge on any atom is -0.326 e. The topological polar surface area (TPSA) is 63.2 Å². The van der Waals surface area contributed by atoms with Crippen molar-refractivity contribution in [3.63, 3.8) is 0 Å². The maximum Gasteiger partial charge on any atom is 0.221 e. The number of carbonyl (C=O) groups is 1. The molecule has 5 heteroatoms. The van der Waals surface area contributed by atoms with Crippen LogP contribution in [-0.4, -0.2) is 25.8 Å². The lowest BCUT2D eigenvalue weighted by Crippen LogP contribution is -2.10. The van der Waals surface area contributed by atoms with Gasteiger partial charge in [0.25, 0.3) is 0 Å². The molecule has 2 aromatic rings. The van der Waals surface area contributed by atoms with Gasteiger partial charge in [-0.15, -0.1) is 0 Å². The van der Waals surface area contributed by atoms with Gasteiger partial charge in [-0.2, -0.15) is 0 Å². The number of carbonyl (C=O) groups excluding carboxylic acids is 1. The Morgan fingerprint density at radius 2 is 1.66 bits per heavy atom. The average Bonchev–Trinajstić information content (AvgIpc) is 3.07. The molecule has 0 saturated heterocycles. The summed E-state index contributed by atoms with van der Waals surface area (Å²) in [4.78, 5) is 11.2. The van der Waals surface area contributed by atoms with Gasteiger partial charge >= 0.3 is 0 Å². The molecule has 1 N–H and O–H groups in total. The van der Waals surface area contributed by atoms with E-state index in [9.17, 15) is 13.2 Å². The first kappa shape index (κ1) is 23.1. The van der Waals surface area contributed by atoms with Crippen LogP contribution in [0.25, 0.3) is 11.1 Å². The van der Waals surface area contributed by atoms with Gasteiger partial charge in [0.1, 0.15) is 9.84 Å². The first-order chi connectivity index (χ1) is 13.6. The highest BCUT2D eigenvalue weighted by Crippen LogP contribution is 2.39. The second-order valence-electron chi connectivity index (χ2n) is 8.28. The summed E-state index contributed by atoms with van der Waals surface area (Å²) in [5.41, 5.74) is 4.64. The molecule has 0 spiro atoms. The Morgan fingerprint density at radius 3 is 2.14 bits per heavy atom. The van der Waals surface area contributed by atoms with E-state index in [-0.39, 0.29) is 11.2 Å². The Morgan fingerprint density at radius 1 is 1.03 bits per heavy atom. The summed E-state index contributed by atoms with van der Waals surface area (Å²) in [6.07, 6.45) is 5.26. The molecule has 0 radical (unpaired) electrons. The van der Waals surface area contributed by atoms with Gasteiger partial charge in [0.05, 0.1) is 5.25 Å². The summed E-state index contributed by atoms with van der Waals surface area (Å²) < 4.78 is 20.7. The van der Waals surface area contributed by atoms with Gasteiger partial charge in [-0.1, -0.05) is 56.2 Å². The van der Waals surface area contributed by atoms with Crippen molar-refractivity contribution in [2.45, 2.75) is 58.1 Å². The summed E-state index contributed by atoms with van der Waals surface area (Å²) in [5, 5.41) is 2.61. The highest BCUT2D eigenvalue weighted by molar-refractivity contribution is 7.91. The van der Waals surface area contributed by atoms with Crippen LogP contribution in [0.15, 0.2) is 48.5 Å². The zero-order valence-electron chi connectivity index (χ0n) is 18.1. The summed E-state index contributed by atoms with van der Waals surface area (Å²) in [7, 11) is -2.74. The quantitative estimate of drug-likeness (QED) is 0.701. The van der Waals surface area contributed by atoms with E-state index in [2.05, 4.69) is 42.6 Å². The van der Waals surface area contributed by atoms with E-state index in [0.717, 1.165) is 23.1 Å². The van der Waals surface area contributed by atoms with E-state index in [0.29, 0.717) is 0 Å². The monoisotopic (exact) mass is 415 g/mol. The number of sulfone groups is 1. The van der Waals surface area contributed by atoms with E-state index in [1.165, 1.54) is 43.6 Å². The van der Waals surface area contributed by atoms with E-state index in [4.69, 9.17) is 0 Å². The van der Waals surface area contributed by atoms with Crippen molar-refractivity contribution >= 4 is 21.4 Å². The third kappa shape index (κ3) is 7.00. The zero-order valence-corrected chi connectivity index (χ0v) is 18.9. The van der Waals surface area contributed by atoms with Crippen LogP contribution in [0, 0.1) is 5.92 Å². The molecule has 1 fully saturated rings. The second-order valence-corrected chi connectivity index (χ2v) is 10.9. The molecule has 158 valence electrons. The minimum atomic E-state index is -2.74.